The Labute approximate surface area is 126 Å². The maximum Gasteiger partial charge on any atom is 0.255 e. The van der Waals surface area contributed by atoms with Crippen molar-refractivity contribution in [1.82, 2.24) is 14.5 Å². The predicted molar refractivity (Wildman–Crippen MR) is 78.6 cm³/mol. The van der Waals surface area contributed by atoms with Gasteiger partial charge in [0.25, 0.3) is 5.56 Å². The summed E-state index contributed by atoms with van der Waals surface area (Å²) in [4.78, 5) is 22.1. The third kappa shape index (κ3) is 2.33. The number of nitrogens with zero attached hydrogens (tertiary/aromatic N) is 5. The van der Waals surface area contributed by atoms with Gasteiger partial charge in [-0.15, -0.1) is 0 Å². The zero-order chi connectivity index (χ0) is 15.7. The minimum absolute atomic E-state index is 0.224. The lowest BCUT2D eigenvalue weighted by Crippen LogP contribution is -2.34. The standard InChI is InChI=1S/C15H14FN5O/c1-20-14(22)7-13(11-4-5-18-9-12(11)16)19-15(20)21-6-2-3-10(21)8-17/h4-5,7,9-10H,2-3,6H2,1H3/t10-/m0/s1. The van der Waals surface area contributed by atoms with Gasteiger partial charge in [0, 0.05) is 31.4 Å². The van der Waals surface area contributed by atoms with Gasteiger partial charge in [0.1, 0.15) is 6.04 Å². The van der Waals surface area contributed by atoms with Crippen LogP contribution in [0.3, 0.4) is 0 Å². The Morgan fingerprint density at radius 3 is 3.05 bits per heavy atom. The molecule has 1 aliphatic heterocycles. The van der Waals surface area contributed by atoms with E-state index >= 15 is 0 Å². The summed E-state index contributed by atoms with van der Waals surface area (Å²) in [5, 5.41) is 9.21. The van der Waals surface area contributed by atoms with Crippen LogP contribution in [0.4, 0.5) is 10.3 Å². The number of hydrogen-bond acceptors (Lipinski definition) is 5. The summed E-state index contributed by atoms with van der Waals surface area (Å²) in [6, 6.07) is 4.68. The van der Waals surface area contributed by atoms with E-state index in [1.807, 2.05) is 0 Å². The van der Waals surface area contributed by atoms with Crippen LogP contribution in [0.2, 0.25) is 0 Å². The summed E-state index contributed by atoms with van der Waals surface area (Å²) in [5.41, 5.74) is 0.183. The summed E-state index contributed by atoms with van der Waals surface area (Å²) in [7, 11) is 1.60. The predicted octanol–water partition coefficient (Wildman–Crippen LogP) is 1.47. The summed E-state index contributed by atoms with van der Waals surface area (Å²) in [6.45, 7) is 0.654. The van der Waals surface area contributed by atoms with Gasteiger partial charge in [0.05, 0.1) is 18.0 Å². The molecule has 0 bridgehead atoms. The quantitative estimate of drug-likeness (QED) is 0.839. The van der Waals surface area contributed by atoms with Crippen molar-refractivity contribution in [2.45, 2.75) is 18.9 Å². The molecular formula is C15H14FN5O. The molecule has 0 amide bonds. The summed E-state index contributed by atoms with van der Waals surface area (Å²) in [6.07, 6.45) is 4.13. The van der Waals surface area contributed by atoms with Crippen LogP contribution < -0.4 is 10.5 Å². The van der Waals surface area contributed by atoms with Gasteiger partial charge in [-0.3, -0.25) is 14.3 Å². The van der Waals surface area contributed by atoms with E-state index in [2.05, 4.69) is 16.0 Å². The summed E-state index contributed by atoms with van der Waals surface area (Å²) < 4.78 is 15.3. The monoisotopic (exact) mass is 299 g/mol. The molecule has 0 unspecified atom stereocenters. The van der Waals surface area contributed by atoms with E-state index in [0.29, 0.717) is 12.5 Å². The van der Waals surface area contributed by atoms with Crippen LogP contribution in [0.25, 0.3) is 11.3 Å². The van der Waals surface area contributed by atoms with E-state index in [1.54, 1.807) is 11.9 Å². The molecule has 1 aliphatic rings. The Balaban J connectivity index is 2.15. The topological polar surface area (TPSA) is 74.8 Å². The van der Waals surface area contributed by atoms with Gasteiger partial charge >= 0.3 is 0 Å². The molecule has 0 radical (unpaired) electrons. The van der Waals surface area contributed by atoms with Gasteiger partial charge in [-0.25, -0.2) is 9.37 Å². The molecule has 1 atom stereocenters. The van der Waals surface area contributed by atoms with Crippen LogP contribution in [-0.4, -0.2) is 27.1 Å². The number of hydrogen-bond donors (Lipinski definition) is 0. The number of anilines is 1. The van der Waals surface area contributed by atoms with Crippen LogP contribution >= 0.6 is 0 Å². The summed E-state index contributed by atoms with van der Waals surface area (Å²) >= 11 is 0. The smallest absolute Gasteiger partial charge is 0.255 e. The second-order valence-corrected chi connectivity index (χ2v) is 5.17. The minimum Gasteiger partial charge on any atom is -0.326 e. The van der Waals surface area contributed by atoms with Gasteiger partial charge in [-0.1, -0.05) is 0 Å². The molecule has 0 spiro atoms. The van der Waals surface area contributed by atoms with Crippen molar-refractivity contribution < 1.29 is 4.39 Å². The average Bonchev–Trinajstić information content (AvgIpc) is 2.99. The highest BCUT2D eigenvalue weighted by atomic mass is 19.1. The third-order valence-corrected chi connectivity index (χ3v) is 3.82. The third-order valence-electron chi connectivity index (χ3n) is 3.82. The first-order chi connectivity index (χ1) is 10.6. The SMILES string of the molecule is Cn1c(N2CCC[C@H]2C#N)nc(-c2ccncc2F)cc1=O. The molecule has 1 saturated heterocycles. The van der Waals surface area contributed by atoms with Gasteiger partial charge in [-0.2, -0.15) is 5.26 Å². The number of halogens is 1. The van der Waals surface area contributed by atoms with E-state index in [0.717, 1.165) is 19.0 Å². The Bertz CT molecular complexity index is 810. The lowest BCUT2D eigenvalue weighted by molar-refractivity contribution is 0.623. The van der Waals surface area contributed by atoms with E-state index in [1.165, 1.54) is 22.9 Å². The lowest BCUT2D eigenvalue weighted by Gasteiger charge is -2.23. The number of rotatable bonds is 2. The largest absolute Gasteiger partial charge is 0.326 e. The average molecular weight is 299 g/mol. The molecule has 0 saturated carbocycles. The molecule has 0 N–H and O–H groups in total. The maximum atomic E-state index is 13.9. The Kier molecular flexibility index (Phi) is 3.59. The van der Waals surface area contributed by atoms with Crippen molar-refractivity contribution in [2.75, 3.05) is 11.4 Å². The first kappa shape index (κ1) is 14.2. The highest BCUT2D eigenvalue weighted by Gasteiger charge is 2.28. The Morgan fingerprint density at radius 2 is 2.32 bits per heavy atom. The number of aromatic nitrogens is 3. The number of nitriles is 1. The molecule has 7 heteroatoms. The van der Waals surface area contributed by atoms with E-state index in [-0.39, 0.29) is 22.9 Å². The Morgan fingerprint density at radius 1 is 1.50 bits per heavy atom. The normalized spacial score (nSPS) is 17.5. The molecule has 0 aromatic carbocycles. The van der Waals surface area contributed by atoms with Crippen LogP contribution in [0.1, 0.15) is 12.8 Å². The highest BCUT2D eigenvalue weighted by Crippen LogP contribution is 2.25. The van der Waals surface area contributed by atoms with Crippen LogP contribution in [0, 0.1) is 17.1 Å². The van der Waals surface area contributed by atoms with E-state index in [4.69, 9.17) is 0 Å². The van der Waals surface area contributed by atoms with Crippen molar-refractivity contribution in [3.05, 3.63) is 40.7 Å². The van der Waals surface area contributed by atoms with Crippen LogP contribution in [0.15, 0.2) is 29.3 Å². The highest BCUT2D eigenvalue weighted by molar-refractivity contribution is 5.60. The van der Waals surface area contributed by atoms with Gasteiger partial charge in [-0.05, 0) is 18.9 Å². The zero-order valence-corrected chi connectivity index (χ0v) is 12.0. The van der Waals surface area contributed by atoms with E-state index < -0.39 is 5.82 Å². The first-order valence-corrected chi connectivity index (χ1v) is 6.96. The molecule has 3 rings (SSSR count). The molecule has 22 heavy (non-hydrogen) atoms. The molecule has 3 heterocycles. The first-order valence-electron chi connectivity index (χ1n) is 6.96. The van der Waals surface area contributed by atoms with E-state index in [9.17, 15) is 14.4 Å². The maximum absolute atomic E-state index is 13.9. The molecule has 112 valence electrons. The lowest BCUT2D eigenvalue weighted by atomic mass is 10.2. The molecule has 2 aromatic heterocycles. The Hall–Kier alpha value is -2.75. The van der Waals surface area contributed by atoms with Crippen molar-refractivity contribution >= 4 is 5.95 Å². The van der Waals surface area contributed by atoms with Gasteiger partial charge in [0.2, 0.25) is 5.95 Å². The van der Waals surface area contributed by atoms with Crippen molar-refractivity contribution in [3.63, 3.8) is 0 Å². The molecule has 6 nitrogen and oxygen atoms in total. The van der Waals surface area contributed by atoms with Crippen LogP contribution in [0.5, 0.6) is 0 Å². The number of pyridine rings is 1. The van der Waals surface area contributed by atoms with Crippen molar-refractivity contribution in [2.24, 2.45) is 7.05 Å². The van der Waals surface area contributed by atoms with Crippen molar-refractivity contribution in [1.29, 1.82) is 5.26 Å². The van der Waals surface area contributed by atoms with Gasteiger partial charge in [0.15, 0.2) is 5.82 Å². The molecule has 1 fully saturated rings. The minimum atomic E-state index is -0.535. The van der Waals surface area contributed by atoms with Gasteiger partial charge < -0.3 is 4.90 Å². The molecule has 0 aliphatic carbocycles. The fourth-order valence-electron chi connectivity index (χ4n) is 2.65. The fourth-order valence-corrected chi connectivity index (χ4v) is 2.65. The molecular weight excluding hydrogens is 285 g/mol. The zero-order valence-electron chi connectivity index (χ0n) is 12.0. The van der Waals surface area contributed by atoms with Crippen LogP contribution in [-0.2, 0) is 7.05 Å². The second kappa shape index (κ2) is 5.56. The fraction of sp³-hybridized carbons (Fsp3) is 0.333. The summed E-state index contributed by atoms with van der Waals surface area (Å²) in [5.74, 6) is -0.143. The molecule has 2 aromatic rings. The van der Waals surface area contributed by atoms with Crippen molar-refractivity contribution in [3.8, 4) is 17.3 Å². The second-order valence-electron chi connectivity index (χ2n) is 5.17.